The zero-order chi connectivity index (χ0) is 18.1. The second-order valence-corrected chi connectivity index (χ2v) is 8.35. The number of benzene rings is 2. The summed E-state index contributed by atoms with van der Waals surface area (Å²) in [6.45, 7) is 2.58. The van der Waals surface area contributed by atoms with Crippen LogP contribution < -0.4 is 4.87 Å². The number of para-hydroxylation sites is 1. The van der Waals surface area contributed by atoms with Crippen LogP contribution in [0.15, 0.2) is 64.5 Å². The Hall–Kier alpha value is -2.38. The highest BCUT2D eigenvalue weighted by molar-refractivity contribution is 7.99. The molecule has 5 nitrogen and oxygen atoms in total. The quantitative estimate of drug-likeness (QED) is 0.488. The Morgan fingerprint density at radius 2 is 1.81 bits per heavy atom. The van der Waals surface area contributed by atoms with E-state index in [9.17, 15) is 4.79 Å². The summed E-state index contributed by atoms with van der Waals surface area (Å²) in [7, 11) is 1.95. The Morgan fingerprint density at radius 1 is 1.08 bits per heavy atom. The van der Waals surface area contributed by atoms with Crippen molar-refractivity contribution in [3.8, 4) is 0 Å². The van der Waals surface area contributed by atoms with Crippen molar-refractivity contribution in [2.75, 3.05) is 0 Å². The first kappa shape index (κ1) is 17.1. The van der Waals surface area contributed by atoms with Crippen LogP contribution in [0.3, 0.4) is 0 Å². The van der Waals surface area contributed by atoms with Crippen LogP contribution in [0.2, 0.25) is 0 Å². The molecular weight excluding hydrogens is 364 g/mol. The average Bonchev–Trinajstić information content (AvgIpc) is 3.17. The lowest BCUT2D eigenvalue weighted by atomic mass is 10.2. The third-order valence-electron chi connectivity index (χ3n) is 4.35. The van der Waals surface area contributed by atoms with E-state index in [4.69, 9.17) is 0 Å². The van der Waals surface area contributed by atoms with E-state index in [0.717, 1.165) is 21.2 Å². The molecule has 0 radical (unpaired) electrons. The van der Waals surface area contributed by atoms with Crippen LogP contribution in [0.4, 0.5) is 0 Å². The fraction of sp³-hybridized carbons (Fsp3) is 0.211. The maximum absolute atomic E-state index is 12.3. The predicted octanol–water partition coefficient (Wildman–Crippen LogP) is 4.09. The number of hydrogen-bond donors (Lipinski definition) is 0. The maximum Gasteiger partial charge on any atom is 0.308 e. The highest BCUT2D eigenvalue weighted by Crippen LogP contribution is 2.33. The van der Waals surface area contributed by atoms with E-state index in [1.807, 2.05) is 54.1 Å². The first-order valence-electron chi connectivity index (χ1n) is 8.31. The Bertz CT molecular complexity index is 1100. The molecule has 0 N–H and O–H groups in total. The van der Waals surface area contributed by atoms with Crippen LogP contribution in [0.5, 0.6) is 0 Å². The van der Waals surface area contributed by atoms with Gasteiger partial charge in [-0.2, -0.15) is 0 Å². The molecule has 0 amide bonds. The number of nitrogens with zero attached hydrogens (tertiary/aromatic N) is 4. The number of rotatable bonds is 5. The smallest absolute Gasteiger partial charge is 0.308 e. The third kappa shape index (κ3) is 3.20. The Labute approximate surface area is 159 Å². The molecular formula is C19H18N4OS2. The van der Waals surface area contributed by atoms with Gasteiger partial charge in [0.25, 0.3) is 0 Å². The van der Waals surface area contributed by atoms with Gasteiger partial charge in [-0.1, -0.05) is 65.6 Å². The lowest BCUT2D eigenvalue weighted by molar-refractivity contribution is 0.681. The molecule has 0 spiro atoms. The van der Waals surface area contributed by atoms with E-state index in [0.29, 0.717) is 6.54 Å². The zero-order valence-corrected chi connectivity index (χ0v) is 16.1. The second-order valence-electron chi connectivity index (χ2n) is 6.05. The van der Waals surface area contributed by atoms with Gasteiger partial charge in [0.05, 0.1) is 16.8 Å². The molecule has 4 aromatic rings. The van der Waals surface area contributed by atoms with Gasteiger partial charge in [0.2, 0.25) is 0 Å². The first-order valence-corrected chi connectivity index (χ1v) is 10.0. The number of aromatic nitrogens is 4. The zero-order valence-electron chi connectivity index (χ0n) is 14.5. The van der Waals surface area contributed by atoms with Gasteiger partial charge < -0.3 is 4.57 Å². The van der Waals surface area contributed by atoms with Crippen molar-refractivity contribution in [3.63, 3.8) is 0 Å². The van der Waals surface area contributed by atoms with Gasteiger partial charge >= 0.3 is 4.87 Å². The summed E-state index contributed by atoms with van der Waals surface area (Å²) in [5, 5.41) is 9.78. The average molecular weight is 383 g/mol. The van der Waals surface area contributed by atoms with Crippen LogP contribution >= 0.6 is 23.1 Å². The van der Waals surface area contributed by atoms with E-state index in [2.05, 4.69) is 29.3 Å². The van der Waals surface area contributed by atoms with Gasteiger partial charge in [-0.05, 0) is 24.6 Å². The van der Waals surface area contributed by atoms with E-state index >= 15 is 0 Å². The molecule has 0 fully saturated rings. The Balaban J connectivity index is 1.59. The molecule has 0 aliphatic carbocycles. The topological polar surface area (TPSA) is 52.7 Å². The lowest BCUT2D eigenvalue weighted by Crippen LogP contribution is -2.16. The van der Waals surface area contributed by atoms with Gasteiger partial charge in [0, 0.05) is 12.3 Å². The minimum atomic E-state index is 0.0288. The molecule has 0 saturated carbocycles. The molecule has 0 aliphatic rings. The minimum Gasteiger partial charge on any atom is -0.308 e. The number of thiazole rings is 1. The fourth-order valence-electron chi connectivity index (χ4n) is 2.84. The highest BCUT2D eigenvalue weighted by Gasteiger charge is 2.16. The lowest BCUT2D eigenvalue weighted by Gasteiger charge is -2.11. The molecule has 132 valence electrons. The van der Waals surface area contributed by atoms with Gasteiger partial charge in [-0.15, -0.1) is 10.2 Å². The molecule has 0 saturated heterocycles. The molecule has 2 aromatic heterocycles. The van der Waals surface area contributed by atoms with Gasteiger partial charge in [-0.3, -0.25) is 9.36 Å². The number of hydrogen-bond acceptors (Lipinski definition) is 5. The standard InChI is InChI=1S/C19H18N4OS2/c1-13(14-8-4-3-5-9-14)25-18-21-20-17(22(18)2)12-23-15-10-6-7-11-16(15)26-19(23)24/h3-11,13H,12H2,1-2H3/t13-/m0/s1. The van der Waals surface area contributed by atoms with Crippen molar-refractivity contribution in [1.82, 2.24) is 19.3 Å². The molecule has 0 aliphatic heterocycles. The monoisotopic (exact) mass is 382 g/mol. The molecule has 7 heteroatoms. The van der Waals surface area contributed by atoms with Gasteiger partial charge in [0.1, 0.15) is 0 Å². The van der Waals surface area contributed by atoms with E-state index in [1.165, 1.54) is 16.9 Å². The van der Waals surface area contributed by atoms with Crippen LogP contribution in [-0.2, 0) is 13.6 Å². The van der Waals surface area contributed by atoms with Crippen LogP contribution in [-0.4, -0.2) is 19.3 Å². The normalized spacial score (nSPS) is 12.5. The Morgan fingerprint density at radius 3 is 2.62 bits per heavy atom. The third-order valence-corrected chi connectivity index (χ3v) is 6.50. The first-order chi connectivity index (χ1) is 12.6. The minimum absolute atomic E-state index is 0.0288. The fourth-order valence-corrected chi connectivity index (χ4v) is 4.69. The summed E-state index contributed by atoms with van der Waals surface area (Å²) in [4.78, 5) is 12.4. The molecule has 2 aromatic carbocycles. The molecule has 0 bridgehead atoms. The predicted molar refractivity (Wildman–Crippen MR) is 107 cm³/mol. The van der Waals surface area contributed by atoms with Crippen molar-refractivity contribution in [2.24, 2.45) is 7.05 Å². The number of fused-ring (bicyclic) bond motifs is 1. The summed E-state index contributed by atoms with van der Waals surface area (Å²) in [5.41, 5.74) is 2.19. The Kier molecular flexibility index (Phi) is 4.65. The second kappa shape index (κ2) is 7.09. The van der Waals surface area contributed by atoms with E-state index < -0.39 is 0 Å². The highest BCUT2D eigenvalue weighted by atomic mass is 32.2. The molecule has 4 rings (SSSR count). The summed E-state index contributed by atoms with van der Waals surface area (Å²) in [5.74, 6) is 0.776. The van der Waals surface area contributed by atoms with Crippen LogP contribution in [0.1, 0.15) is 23.6 Å². The van der Waals surface area contributed by atoms with Crippen LogP contribution in [0, 0.1) is 0 Å². The molecule has 0 unspecified atom stereocenters. The van der Waals surface area contributed by atoms with Crippen LogP contribution in [0.25, 0.3) is 10.2 Å². The summed E-state index contributed by atoms with van der Waals surface area (Å²) in [6, 6.07) is 18.2. The van der Waals surface area contributed by atoms with Gasteiger partial charge in [0.15, 0.2) is 11.0 Å². The van der Waals surface area contributed by atoms with Crippen molar-refractivity contribution in [3.05, 3.63) is 75.7 Å². The van der Waals surface area contributed by atoms with Crippen molar-refractivity contribution >= 4 is 33.3 Å². The molecule has 2 heterocycles. The van der Waals surface area contributed by atoms with Crippen molar-refractivity contribution < 1.29 is 0 Å². The summed E-state index contributed by atoms with van der Waals surface area (Å²) < 4.78 is 4.73. The van der Waals surface area contributed by atoms with Crippen molar-refractivity contribution in [2.45, 2.75) is 23.9 Å². The SMILES string of the molecule is C[C@H](Sc1nnc(Cn2c(=O)sc3ccccc32)n1C)c1ccccc1. The van der Waals surface area contributed by atoms with Crippen molar-refractivity contribution in [1.29, 1.82) is 0 Å². The van der Waals surface area contributed by atoms with E-state index in [1.54, 1.807) is 16.3 Å². The summed E-state index contributed by atoms with van der Waals surface area (Å²) >= 11 is 2.93. The largest absolute Gasteiger partial charge is 0.308 e. The molecule has 26 heavy (non-hydrogen) atoms. The molecule has 1 atom stereocenters. The maximum atomic E-state index is 12.3. The summed E-state index contributed by atoms with van der Waals surface area (Å²) in [6.07, 6.45) is 0. The van der Waals surface area contributed by atoms with E-state index in [-0.39, 0.29) is 10.1 Å². The van der Waals surface area contributed by atoms with Gasteiger partial charge in [-0.25, -0.2) is 0 Å². The number of thioether (sulfide) groups is 1.